The lowest BCUT2D eigenvalue weighted by Crippen LogP contribution is -2.11. The molecule has 21 heavy (non-hydrogen) atoms. The van der Waals surface area contributed by atoms with Crippen molar-refractivity contribution in [3.63, 3.8) is 0 Å². The van der Waals surface area contributed by atoms with Crippen LogP contribution in [0, 0.1) is 11.3 Å². The first-order chi connectivity index (χ1) is 10.1. The topological polar surface area (TPSA) is 88.1 Å². The molecule has 1 aromatic heterocycles. The summed E-state index contributed by atoms with van der Waals surface area (Å²) in [6.45, 7) is 1.97. The van der Waals surface area contributed by atoms with Crippen molar-refractivity contribution in [1.29, 1.82) is 5.26 Å². The van der Waals surface area contributed by atoms with E-state index in [-0.39, 0.29) is 17.3 Å². The molecule has 1 heterocycles. The first-order valence-electron chi connectivity index (χ1n) is 6.30. The minimum absolute atomic E-state index is 0.0285. The van der Waals surface area contributed by atoms with E-state index in [0.717, 1.165) is 16.9 Å². The number of nitrogen functional groups attached to an aromatic ring is 1. The van der Waals surface area contributed by atoms with Crippen LogP contribution in [0.4, 0.5) is 10.7 Å². The van der Waals surface area contributed by atoms with Gasteiger partial charge < -0.3 is 15.8 Å². The van der Waals surface area contributed by atoms with Gasteiger partial charge in [0.1, 0.15) is 21.5 Å². The molecule has 0 aliphatic carbocycles. The highest BCUT2D eigenvalue weighted by Crippen LogP contribution is 2.37. The maximum atomic E-state index is 11.9. The van der Waals surface area contributed by atoms with E-state index in [1.54, 1.807) is 0 Å². The van der Waals surface area contributed by atoms with E-state index in [9.17, 15) is 4.79 Å². The Labute approximate surface area is 127 Å². The summed E-state index contributed by atoms with van der Waals surface area (Å²) in [4.78, 5) is 12.2. The smallest absolute Gasteiger partial charge is 0.343 e. The van der Waals surface area contributed by atoms with Crippen LogP contribution in [0.15, 0.2) is 30.3 Å². The maximum absolute atomic E-state index is 11.9. The van der Waals surface area contributed by atoms with Crippen molar-refractivity contribution in [2.24, 2.45) is 0 Å². The van der Waals surface area contributed by atoms with Gasteiger partial charge in [0, 0.05) is 6.04 Å². The van der Waals surface area contributed by atoms with Gasteiger partial charge in [-0.1, -0.05) is 30.3 Å². The summed E-state index contributed by atoms with van der Waals surface area (Å²) in [6.07, 6.45) is 0. The Kier molecular flexibility index (Phi) is 4.45. The fourth-order valence-electron chi connectivity index (χ4n) is 1.95. The number of nitrogens with one attached hydrogen (secondary N) is 1. The van der Waals surface area contributed by atoms with Crippen molar-refractivity contribution in [2.75, 3.05) is 18.2 Å². The van der Waals surface area contributed by atoms with Crippen molar-refractivity contribution < 1.29 is 9.53 Å². The summed E-state index contributed by atoms with van der Waals surface area (Å²) >= 11 is 1.15. The highest BCUT2D eigenvalue weighted by atomic mass is 32.1. The van der Waals surface area contributed by atoms with E-state index < -0.39 is 5.97 Å². The Morgan fingerprint density at radius 3 is 2.67 bits per heavy atom. The average Bonchev–Trinajstić information content (AvgIpc) is 2.83. The standard InChI is InChI=1S/C15H15N3O2S/c1-9(10-6-4-3-5-7-10)18-14-12(15(19)20-2)13(17)11(8-16)21-14/h3-7,9,18H,17H2,1-2H3. The number of thiophene rings is 1. The van der Waals surface area contributed by atoms with Crippen LogP contribution >= 0.6 is 11.3 Å². The van der Waals surface area contributed by atoms with Gasteiger partial charge in [-0.3, -0.25) is 0 Å². The zero-order chi connectivity index (χ0) is 15.4. The van der Waals surface area contributed by atoms with Gasteiger partial charge in [-0.05, 0) is 12.5 Å². The van der Waals surface area contributed by atoms with E-state index >= 15 is 0 Å². The molecule has 3 N–H and O–H groups in total. The molecule has 6 heteroatoms. The van der Waals surface area contributed by atoms with Crippen LogP contribution < -0.4 is 11.1 Å². The molecule has 0 amide bonds. The number of carbonyl (C=O) groups excluding carboxylic acids is 1. The molecule has 0 saturated carbocycles. The normalized spacial score (nSPS) is 11.5. The second-order valence-electron chi connectivity index (χ2n) is 4.43. The molecule has 108 valence electrons. The quantitative estimate of drug-likeness (QED) is 0.847. The molecule has 0 radical (unpaired) electrons. The molecule has 0 saturated heterocycles. The van der Waals surface area contributed by atoms with Crippen LogP contribution in [-0.4, -0.2) is 13.1 Å². The third-order valence-electron chi connectivity index (χ3n) is 3.08. The van der Waals surface area contributed by atoms with Crippen molar-refractivity contribution >= 4 is 28.0 Å². The fraction of sp³-hybridized carbons (Fsp3) is 0.200. The van der Waals surface area contributed by atoms with E-state index in [2.05, 4.69) is 5.32 Å². The lowest BCUT2D eigenvalue weighted by Gasteiger charge is -2.15. The molecular formula is C15H15N3O2S. The van der Waals surface area contributed by atoms with Crippen LogP contribution in [0.5, 0.6) is 0 Å². The van der Waals surface area contributed by atoms with E-state index in [1.807, 2.05) is 43.3 Å². The number of benzene rings is 1. The largest absolute Gasteiger partial charge is 0.465 e. The molecule has 0 aliphatic heterocycles. The second-order valence-corrected chi connectivity index (χ2v) is 5.45. The van der Waals surface area contributed by atoms with E-state index in [4.69, 9.17) is 15.7 Å². The number of carbonyl (C=O) groups is 1. The van der Waals surface area contributed by atoms with Crippen LogP contribution in [0.25, 0.3) is 0 Å². The lowest BCUT2D eigenvalue weighted by molar-refractivity contribution is 0.0603. The highest BCUT2D eigenvalue weighted by Gasteiger charge is 2.23. The van der Waals surface area contributed by atoms with Gasteiger partial charge in [0.15, 0.2) is 0 Å². The Hall–Kier alpha value is -2.52. The van der Waals surface area contributed by atoms with Crippen molar-refractivity contribution in [2.45, 2.75) is 13.0 Å². The van der Waals surface area contributed by atoms with E-state index in [1.165, 1.54) is 7.11 Å². The number of hydrogen-bond acceptors (Lipinski definition) is 6. The van der Waals surface area contributed by atoms with Crippen LogP contribution in [0.1, 0.15) is 33.8 Å². The fourth-order valence-corrected chi connectivity index (χ4v) is 2.95. The number of esters is 1. The zero-order valence-corrected chi connectivity index (χ0v) is 12.5. The molecule has 1 aromatic carbocycles. The number of nitrogens with two attached hydrogens (primary N) is 1. The predicted molar refractivity (Wildman–Crippen MR) is 83.3 cm³/mol. The van der Waals surface area contributed by atoms with Gasteiger partial charge in [-0.15, -0.1) is 11.3 Å². The Bertz CT molecular complexity index is 689. The number of ether oxygens (including phenoxy) is 1. The number of anilines is 2. The van der Waals surface area contributed by atoms with Gasteiger partial charge in [-0.2, -0.15) is 5.26 Å². The Morgan fingerprint density at radius 2 is 2.10 bits per heavy atom. The van der Waals surface area contributed by atoms with Gasteiger partial charge in [-0.25, -0.2) is 4.79 Å². The van der Waals surface area contributed by atoms with Gasteiger partial charge in [0.2, 0.25) is 0 Å². The summed E-state index contributed by atoms with van der Waals surface area (Å²) in [7, 11) is 1.29. The summed E-state index contributed by atoms with van der Waals surface area (Å²) in [5, 5.41) is 12.8. The van der Waals surface area contributed by atoms with Crippen LogP contribution in [0.2, 0.25) is 0 Å². The van der Waals surface area contributed by atoms with E-state index in [0.29, 0.717) is 9.88 Å². The van der Waals surface area contributed by atoms with Crippen LogP contribution in [-0.2, 0) is 4.74 Å². The van der Waals surface area contributed by atoms with Crippen LogP contribution in [0.3, 0.4) is 0 Å². The number of methoxy groups -OCH3 is 1. The minimum atomic E-state index is -0.548. The SMILES string of the molecule is COC(=O)c1c(NC(C)c2ccccc2)sc(C#N)c1N. The highest BCUT2D eigenvalue weighted by molar-refractivity contribution is 7.17. The first kappa shape index (κ1) is 14.9. The Balaban J connectivity index is 2.36. The summed E-state index contributed by atoms with van der Waals surface area (Å²) in [6, 6.07) is 11.8. The van der Waals surface area contributed by atoms with Gasteiger partial charge >= 0.3 is 5.97 Å². The molecule has 2 aromatic rings. The molecule has 2 rings (SSSR count). The predicted octanol–water partition coefficient (Wildman–Crippen LogP) is 3.16. The van der Waals surface area contributed by atoms with Gasteiger partial charge in [0.25, 0.3) is 0 Å². The minimum Gasteiger partial charge on any atom is -0.465 e. The molecule has 1 unspecified atom stereocenters. The number of hydrogen-bond donors (Lipinski definition) is 2. The molecule has 0 fully saturated rings. The first-order valence-corrected chi connectivity index (χ1v) is 7.12. The second kappa shape index (κ2) is 6.29. The average molecular weight is 301 g/mol. The third-order valence-corrected chi connectivity index (χ3v) is 4.12. The van der Waals surface area contributed by atoms with Crippen molar-refractivity contribution in [1.82, 2.24) is 0 Å². The molecular weight excluding hydrogens is 286 g/mol. The molecule has 1 atom stereocenters. The maximum Gasteiger partial charge on any atom is 0.343 e. The van der Waals surface area contributed by atoms with Gasteiger partial charge in [0.05, 0.1) is 12.8 Å². The lowest BCUT2D eigenvalue weighted by atomic mass is 10.1. The van der Waals surface area contributed by atoms with Crippen molar-refractivity contribution in [3.8, 4) is 6.07 Å². The number of rotatable bonds is 4. The van der Waals surface area contributed by atoms with Crippen molar-refractivity contribution in [3.05, 3.63) is 46.3 Å². The molecule has 0 bridgehead atoms. The number of nitrogens with zero attached hydrogens (tertiary/aromatic N) is 1. The monoisotopic (exact) mass is 301 g/mol. The molecule has 0 aliphatic rings. The summed E-state index contributed by atoms with van der Waals surface area (Å²) in [5.41, 5.74) is 7.31. The summed E-state index contributed by atoms with van der Waals surface area (Å²) < 4.78 is 4.74. The molecule has 0 spiro atoms. The third kappa shape index (κ3) is 2.98. The Morgan fingerprint density at radius 1 is 1.43 bits per heavy atom. The molecule has 5 nitrogen and oxygen atoms in total. The number of nitriles is 1. The zero-order valence-electron chi connectivity index (χ0n) is 11.7. The summed E-state index contributed by atoms with van der Waals surface area (Å²) in [5.74, 6) is -0.548.